The summed E-state index contributed by atoms with van der Waals surface area (Å²) in [5.74, 6) is -0.343. The first-order chi connectivity index (χ1) is 8.56. The minimum Gasteiger partial charge on any atom is -0.459 e. The van der Waals surface area contributed by atoms with Crippen LogP contribution in [0.3, 0.4) is 0 Å². The van der Waals surface area contributed by atoms with Crippen LogP contribution in [0.15, 0.2) is 18.2 Å². The third-order valence-electron chi connectivity index (χ3n) is 3.47. The number of nitrogen functional groups attached to an aromatic ring is 1. The molecule has 2 rings (SSSR count). The maximum atomic E-state index is 13.2. The van der Waals surface area contributed by atoms with Crippen molar-refractivity contribution < 1.29 is 13.9 Å². The molecule has 1 saturated carbocycles. The van der Waals surface area contributed by atoms with Crippen molar-refractivity contribution in [1.29, 1.82) is 0 Å². The number of carbonyl (C=O) groups excluding carboxylic acids is 1. The second-order valence-corrected chi connectivity index (χ2v) is 5.02. The highest BCUT2D eigenvalue weighted by Gasteiger charge is 2.22. The Labute approximate surface area is 106 Å². The minimum atomic E-state index is -0.582. The molecule has 1 aromatic carbocycles. The van der Waals surface area contributed by atoms with Crippen LogP contribution in [0.5, 0.6) is 0 Å². The Hall–Kier alpha value is -1.58. The van der Waals surface area contributed by atoms with Gasteiger partial charge >= 0.3 is 5.97 Å². The fourth-order valence-electron chi connectivity index (χ4n) is 2.22. The molecule has 0 atom stereocenters. The van der Waals surface area contributed by atoms with Crippen molar-refractivity contribution in [2.24, 2.45) is 5.92 Å². The maximum absolute atomic E-state index is 13.2. The zero-order valence-corrected chi connectivity index (χ0v) is 10.5. The van der Waals surface area contributed by atoms with Crippen LogP contribution in [0.4, 0.5) is 10.1 Å². The van der Waals surface area contributed by atoms with Gasteiger partial charge in [0.2, 0.25) is 0 Å². The number of rotatable bonds is 2. The smallest absolute Gasteiger partial charge is 0.338 e. The quantitative estimate of drug-likeness (QED) is 0.649. The van der Waals surface area contributed by atoms with E-state index in [2.05, 4.69) is 6.92 Å². The normalized spacial score (nSPS) is 23.7. The second kappa shape index (κ2) is 5.38. The molecule has 0 aliphatic heterocycles. The summed E-state index contributed by atoms with van der Waals surface area (Å²) in [5.41, 5.74) is 5.62. The summed E-state index contributed by atoms with van der Waals surface area (Å²) in [6.07, 6.45) is 3.91. The van der Waals surface area contributed by atoms with Crippen LogP contribution in [-0.2, 0) is 4.74 Å². The van der Waals surface area contributed by atoms with Gasteiger partial charge in [-0.1, -0.05) is 6.92 Å². The number of hydrogen-bond acceptors (Lipinski definition) is 3. The first-order valence-electron chi connectivity index (χ1n) is 6.32. The Morgan fingerprint density at radius 1 is 1.33 bits per heavy atom. The first kappa shape index (κ1) is 12.9. The van der Waals surface area contributed by atoms with Crippen molar-refractivity contribution in [1.82, 2.24) is 0 Å². The summed E-state index contributed by atoms with van der Waals surface area (Å²) in [7, 11) is 0. The van der Waals surface area contributed by atoms with E-state index >= 15 is 0 Å². The van der Waals surface area contributed by atoms with Crippen molar-refractivity contribution in [3.63, 3.8) is 0 Å². The molecular weight excluding hydrogens is 233 g/mol. The maximum Gasteiger partial charge on any atom is 0.338 e. The van der Waals surface area contributed by atoms with E-state index in [1.54, 1.807) is 0 Å². The van der Waals surface area contributed by atoms with Crippen molar-refractivity contribution in [3.05, 3.63) is 29.6 Å². The topological polar surface area (TPSA) is 52.3 Å². The summed E-state index contributed by atoms with van der Waals surface area (Å²) in [5, 5.41) is 0. The average Bonchev–Trinajstić information content (AvgIpc) is 2.35. The number of benzene rings is 1. The minimum absolute atomic E-state index is 0.0330. The standard InChI is InChI=1S/C14H18FNO2/c1-9-2-5-11(6-3-9)18-14(17)10-4-7-13(16)12(15)8-10/h4,7-9,11H,2-3,5-6,16H2,1H3. The van der Waals surface area contributed by atoms with E-state index in [4.69, 9.17) is 10.5 Å². The van der Waals surface area contributed by atoms with Gasteiger partial charge in [0, 0.05) is 0 Å². The van der Waals surface area contributed by atoms with Gasteiger partial charge < -0.3 is 10.5 Å². The van der Waals surface area contributed by atoms with Crippen molar-refractivity contribution in [3.8, 4) is 0 Å². The third-order valence-corrected chi connectivity index (χ3v) is 3.47. The summed E-state index contributed by atoms with van der Waals surface area (Å²) in [6.45, 7) is 2.20. The molecule has 3 nitrogen and oxygen atoms in total. The van der Waals surface area contributed by atoms with Crippen LogP contribution in [-0.4, -0.2) is 12.1 Å². The summed E-state index contributed by atoms with van der Waals surface area (Å²) in [6, 6.07) is 4.00. The highest BCUT2D eigenvalue weighted by atomic mass is 19.1. The Kier molecular flexibility index (Phi) is 3.84. The number of nitrogens with two attached hydrogens (primary N) is 1. The van der Waals surface area contributed by atoms with Gasteiger partial charge in [-0.25, -0.2) is 9.18 Å². The molecule has 0 heterocycles. The van der Waals surface area contributed by atoms with Crippen LogP contribution in [0.2, 0.25) is 0 Å². The molecule has 1 fully saturated rings. The van der Waals surface area contributed by atoms with E-state index in [-0.39, 0.29) is 17.4 Å². The molecule has 1 aliphatic rings. The third kappa shape index (κ3) is 3.00. The predicted octanol–water partition coefficient (Wildman–Crippen LogP) is 3.14. The van der Waals surface area contributed by atoms with Gasteiger partial charge in [0.15, 0.2) is 0 Å². The molecule has 0 saturated heterocycles. The van der Waals surface area contributed by atoms with Gasteiger partial charge in [-0.2, -0.15) is 0 Å². The lowest BCUT2D eigenvalue weighted by Gasteiger charge is -2.25. The van der Waals surface area contributed by atoms with Crippen molar-refractivity contribution in [2.75, 3.05) is 5.73 Å². The average molecular weight is 251 g/mol. The molecule has 0 unspecified atom stereocenters. The summed E-state index contributed by atoms with van der Waals surface area (Å²) >= 11 is 0. The fourth-order valence-corrected chi connectivity index (χ4v) is 2.22. The van der Waals surface area contributed by atoms with Crippen LogP contribution in [0.1, 0.15) is 43.0 Å². The Balaban J connectivity index is 1.97. The van der Waals surface area contributed by atoms with Crippen LogP contribution in [0.25, 0.3) is 0 Å². The molecular formula is C14H18FNO2. The molecule has 98 valence electrons. The molecule has 4 heteroatoms. The van der Waals surface area contributed by atoms with E-state index in [0.29, 0.717) is 5.92 Å². The zero-order valence-electron chi connectivity index (χ0n) is 10.5. The van der Waals surface area contributed by atoms with Crippen LogP contribution in [0, 0.1) is 11.7 Å². The van der Waals surface area contributed by atoms with Gasteiger partial charge in [-0.05, 0) is 49.8 Å². The number of halogens is 1. The lowest BCUT2D eigenvalue weighted by Crippen LogP contribution is -2.23. The van der Waals surface area contributed by atoms with E-state index < -0.39 is 11.8 Å². The highest BCUT2D eigenvalue weighted by molar-refractivity contribution is 5.89. The number of ether oxygens (including phenoxy) is 1. The van der Waals surface area contributed by atoms with E-state index in [9.17, 15) is 9.18 Å². The molecule has 0 bridgehead atoms. The Morgan fingerprint density at radius 2 is 2.00 bits per heavy atom. The lowest BCUT2D eigenvalue weighted by molar-refractivity contribution is 0.0173. The number of anilines is 1. The van der Waals surface area contributed by atoms with Gasteiger partial charge in [0.1, 0.15) is 11.9 Å². The van der Waals surface area contributed by atoms with Crippen LogP contribution >= 0.6 is 0 Å². The highest BCUT2D eigenvalue weighted by Crippen LogP contribution is 2.26. The Bertz CT molecular complexity index is 439. The van der Waals surface area contributed by atoms with Crippen molar-refractivity contribution in [2.45, 2.75) is 38.7 Å². The molecule has 0 spiro atoms. The molecule has 0 aromatic heterocycles. The van der Waals surface area contributed by atoms with Crippen molar-refractivity contribution >= 4 is 11.7 Å². The number of hydrogen-bond donors (Lipinski definition) is 1. The SMILES string of the molecule is CC1CCC(OC(=O)c2ccc(N)c(F)c2)CC1. The molecule has 1 aromatic rings. The van der Waals surface area contributed by atoms with Gasteiger partial charge in [0.25, 0.3) is 0 Å². The van der Waals surface area contributed by atoms with Gasteiger partial charge in [-0.15, -0.1) is 0 Å². The van der Waals surface area contributed by atoms with Gasteiger partial charge in [0.05, 0.1) is 11.3 Å². The number of carbonyl (C=O) groups is 1. The summed E-state index contributed by atoms with van der Waals surface area (Å²) < 4.78 is 18.6. The van der Waals surface area contributed by atoms with E-state index in [0.717, 1.165) is 31.7 Å². The fraction of sp³-hybridized carbons (Fsp3) is 0.500. The summed E-state index contributed by atoms with van der Waals surface area (Å²) in [4.78, 5) is 11.8. The molecule has 2 N–H and O–H groups in total. The second-order valence-electron chi connectivity index (χ2n) is 5.02. The van der Waals surface area contributed by atoms with E-state index in [1.165, 1.54) is 12.1 Å². The zero-order chi connectivity index (χ0) is 13.1. The molecule has 0 amide bonds. The first-order valence-corrected chi connectivity index (χ1v) is 6.32. The van der Waals surface area contributed by atoms with Gasteiger partial charge in [-0.3, -0.25) is 0 Å². The lowest BCUT2D eigenvalue weighted by atomic mass is 9.89. The molecule has 1 aliphatic carbocycles. The largest absolute Gasteiger partial charge is 0.459 e. The monoisotopic (exact) mass is 251 g/mol. The molecule has 18 heavy (non-hydrogen) atoms. The van der Waals surface area contributed by atoms with Crippen LogP contribution < -0.4 is 5.73 Å². The van der Waals surface area contributed by atoms with E-state index in [1.807, 2.05) is 0 Å². The predicted molar refractivity (Wildman–Crippen MR) is 67.6 cm³/mol. The Morgan fingerprint density at radius 3 is 2.61 bits per heavy atom. The number of esters is 1. The molecule has 0 radical (unpaired) electrons.